The van der Waals surface area contributed by atoms with Gasteiger partial charge in [-0.05, 0) is 24.6 Å². The van der Waals surface area contributed by atoms with E-state index in [0.29, 0.717) is 0 Å². The molecule has 0 bridgehead atoms. The van der Waals surface area contributed by atoms with Crippen LogP contribution in [0.5, 0.6) is 0 Å². The Labute approximate surface area is 137 Å². The van der Waals surface area contributed by atoms with Gasteiger partial charge in [-0.3, -0.25) is 0 Å². The molecule has 0 N–H and O–H groups in total. The Morgan fingerprint density at radius 2 is 1.75 bits per heavy atom. The van der Waals surface area contributed by atoms with Crippen molar-refractivity contribution in [2.75, 3.05) is 0 Å². The Kier molecular flexibility index (Phi) is 3.54. The normalized spacial score (nSPS) is 12.2. The van der Waals surface area contributed by atoms with E-state index in [1.807, 2.05) is 23.0 Å². The van der Waals surface area contributed by atoms with Gasteiger partial charge in [-0.15, -0.1) is 5.10 Å². The fraction of sp³-hybridized carbons (Fsp3) is 0.125. The highest BCUT2D eigenvalue weighted by molar-refractivity contribution is 5.54. The molecule has 8 nitrogen and oxygen atoms in total. The van der Waals surface area contributed by atoms with Gasteiger partial charge < -0.3 is 0 Å². The fourth-order valence-corrected chi connectivity index (χ4v) is 2.43. The van der Waals surface area contributed by atoms with Crippen molar-refractivity contribution in [1.82, 2.24) is 39.7 Å². The molecule has 0 unspecified atom stereocenters. The molecule has 0 spiro atoms. The molecule has 0 aliphatic rings. The zero-order valence-electron chi connectivity index (χ0n) is 12.9. The zero-order chi connectivity index (χ0) is 16.4. The summed E-state index contributed by atoms with van der Waals surface area (Å²) in [7, 11) is 0. The molecule has 3 heterocycles. The van der Waals surface area contributed by atoms with E-state index in [2.05, 4.69) is 49.4 Å². The summed E-state index contributed by atoms with van der Waals surface area (Å²) >= 11 is 0. The van der Waals surface area contributed by atoms with E-state index in [0.717, 1.165) is 22.5 Å². The summed E-state index contributed by atoms with van der Waals surface area (Å²) in [6.45, 7) is 2.07. The standard InChI is InChI=1S/C16H14N8/c1-12(13-2-4-15(5-3-13)24-11-19-10-20-24)23-8-16(21-22-23)14-6-17-9-18-7-14/h2-12H,1H3/t12-/m0/s1. The third-order valence-electron chi connectivity index (χ3n) is 3.82. The molecule has 1 atom stereocenters. The van der Waals surface area contributed by atoms with Crippen LogP contribution in [0.3, 0.4) is 0 Å². The first-order valence-corrected chi connectivity index (χ1v) is 7.43. The molecule has 3 aromatic heterocycles. The van der Waals surface area contributed by atoms with Crippen molar-refractivity contribution < 1.29 is 0 Å². The predicted molar refractivity (Wildman–Crippen MR) is 86.2 cm³/mol. The van der Waals surface area contributed by atoms with E-state index in [1.165, 1.54) is 12.7 Å². The molecule has 0 fully saturated rings. The van der Waals surface area contributed by atoms with E-state index in [-0.39, 0.29) is 6.04 Å². The van der Waals surface area contributed by atoms with E-state index in [4.69, 9.17) is 0 Å². The minimum atomic E-state index is 0.0562. The lowest BCUT2D eigenvalue weighted by Gasteiger charge is -2.12. The van der Waals surface area contributed by atoms with Gasteiger partial charge >= 0.3 is 0 Å². The summed E-state index contributed by atoms with van der Waals surface area (Å²) < 4.78 is 3.55. The van der Waals surface area contributed by atoms with Crippen LogP contribution < -0.4 is 0 Å². The molecule has 1 aromatic carbocycles. The monoisotopic (exact) mass is 318 g/mol. The Bertz CT molecular complexity index is 912. The summed E-state index contributed by atoms with van der Waals surface area (Å²) in [4.78, 5) is 12.0. The summed E-state index contributed by atoms with van der Waals surface area (Å²) in [5.74, 6) is 0. The van der Waals surface area contributed by atoms with Crippen molar-refractivity contribution in [3.63, 3.8) is 0 Å². The van der Waals surface area contributed by atoms with Gasteiger partial charge in [-0.25, -0.2) is 24.3 Å². The number of hydrogen-bond donors (Lipinski definition) is 0. The van der Waals surface area contributed by atoms with E-state index in [9.17, 15) is 0 Å². The quantitative estimate of drug-likeness (QED) is 0.571. The van der Waals surface area contributed by atoms with Crippen LogP contribution >= 0.6 is 0 Å². The first-order chi connectivity index (χ1) is 11.8. The lowest BCUT2D eigenvalue weighted by Crippen LogP contribution is -2.07. The number of rotatable bonds is 4. The molecule has 118 valence electrons. The molecule has 0 aliphatic carbocycles. The van der Waals surface area contributed by atoms with Gasteiger partial charge in [0.25, 0.3) is 0 Å². The van der Waals surface area contributed by atoms with E-state index < -0.39 is 0 Å². The Hall–Kier alpha value is -3.42. The van der Waals surface area contributed by atoms with Crippen molar-refractivity contribution in [2.45, 2.75) is 13.0 Å². The van der Waals surface area contributed by atoms with Crippen LogP contribution in [-0.2, 0) is 0 Å². The molecule has 0 amide bonds. The maximum atomic E-state index is 4.22. The highest BCUT2D eigenvalue weighted by Crippen LogP contribution is 2.21. The van der Waals surface area contributed by atoms with Crippen LogP contribution in [0.15, 0.2) is 61.8 Å². The van der Waals surface area contributed by atoms with E-state index in [1.54, 1.807) is 23.4 Å². The molecule has 0 radical (unpaired) electrons. The first kappa shape index (κ1) is 14.2. The first-order valence-electron chi connectivity index (χ1n) is 7.43. The third kappa shape index (κ3) is 2.65. The van der Waals surface area contributed by atoms with Gasteiger partial charge in [-0.1, -0.05) is 17.3 Å². The zero-order valence-corrected chi connectivity index (χ0v) is 12.9. The van der Waals surface area contributed by atoms with Gasteiger partial charge in [0.1, 0.15) is 24.7 Å². The van der Waals surface area contributed by atoms with Crippen molar-refractivity contribution in [3.8, 4) is 16.9 Å². The Balaban J connectivity index is 1.58. The molecule has 4 rings (SSSR count). The maximum absolute atomic E-state index is 4.22. The van der Waals surface area contributed by atoms with Gasteiger partial charge in [0, 0.05) is 18.0 Å². The number of aromatic nitrogens is 8. The summed E-state index contributed by atoms with van der Waals surface area (Å²) in [5, 5.41) is 12.5. The SMILES string of the molecule is C[C@@H](c1ccc(-n2cncn2)cc1)n1cc(-c2cncnc2)nn1. The Morgan fingerprint density at radius 3 is 2.46 bits per heavy atom. The van der Waals surface area contributed by atoms with Crippen LogP contribution in [0, 0.1) is 0 Å². The molecule has 0 aliphatic heterocycles. The smallest absolute Gasteiger partial charge is 0.138 e. The van der Waals surface area contributed by atoms with Gasteiger partial charge in [0.15, 0.2) is 0 Å². The highest BCUT2D eigenvalue weighted by Gasteiger charge is 2.12. The third-order valence-corrected chi connectivity index (χ3v) is 3.82. The van der Waals surface area contributed by atoms with Crippen LogP contribution in [-0.4, -0.2) is 39.7 Å². The van der Waals surface area contributed by atoms with E-state index >= 15 is 0 Å². The number of hydrogen-bond acceptors (Lipinski definition) is 6. The van der Waals surface area contributed by atoms with Crippen LogP contribution in [0.4, 0.5) is 0 Å². The fourth-order valence-electron chi connectivity index (χ4n) is 2.43. The molecule has 24 heavy (non-hydrogen) atoms. The highest BCUT2D eigenvalue weighted by atomic mass is 15.4. The van der Waals surface area contributed by atoms with Crippen molar-refractivity contribution >= 4 is 0 Å². The number of nitrogens with zero attached hydrogens (tertiary/aromatic N) is 8. The second-order valence-corrected chi connectivity index (χ2v) is 5.32. The maximum Gasteiger partial charge on any atom is 0.138 e. The minimum Gasteiger partial charge on any atom is -0.245 e. The average Bonchev–Trinajstić information content (AvgIpc) is 3.34. The molecule has 0 saturated heterocycles. The topological polar surface area (TPSA) is 87.2 Å². The van der Waals surface area contributed by atoms with Crippen LogP contribution in [0.2, 0.25) is 0 Å². The lowest BCUT2D eigenvalue weighted by atomic mass is 10.1. The summed E-state index contributed by atoms with van der Waals surface area (Å²) in [6, 6.07) is 8.16. The number of benzene rings is 1. The largest absolute Gasteiger partial charge is 0.245 e. The summed E-state index contributed by atoms with van der Waals surface area (Å²) in [5.41, 5.74) is 3.68. The van der Waals surface area contributed by atoms with Gasteiger partial charge in [-0.2, -0.15) is 5.10 Å². The second kappa shape index (κ2) is 5.99. The Morgan fingerprint density at radius 1 is 0.958 bits per heavy atom. The summed E-state index contributed by atoms with van der Waals surface area (Å²) in [6.07, 6.45) is 10.0. The predicted octanol–water partition coefficient (Wildman–Crippen LogP) is 1.93. The molecular weight excluding hydrogens is 304 g/mol. The van der Waals surface area contributed by atoms with Gasteiger partial charge in [0.05, 0.1) is 17.9 Å². The van der Waals surface area contributed by atoms with Crippen LogP contribution in [0.25, 0.3) is 16.9 Å². The van der Waals surface area contributed by atoms with Crippen LogP contribution in [0.1, 0.15) is 18.5 Å². The molecule has 8 heteroatoms. The molecular formula is C16H14N8. The average molecular weight is 318 g/mol. The molecule has 0 saturated carbocycles. The van der Waals surface area contributed by atoms with Crippen molar-refractivity contribution in [3.05, 3.63) is 67.4 Å². The second-order valence-electron chi connectivity index (χ2n) is 5.32. The van der Waals surface area contributed by atoms with Crippen molar-refractivity contribution in [2.24, 2.45) is 0 Å². The van der Waals surface area contributed by atoms with Gasteiger partial charge in [0.2, 0.25) is 0 Å². The molecule has 4 aromatic rings. The lowest BCUT2D eigenvalue weighted by molar-refractivity contribution is 0.543. The minimum absolute atomic E-state index is 0.0562. The van der Waals surface area contributed by atoms with Crippen molar-refractivity contribution in [1.29, 1.82) is 0 Å².